The molecule has 0 radical (unpaired) electrons. The number of hydrogen-bond donors (Lipinski definition) is 2. The van der Waals surface area contributed by atoms with E-state index in [4.69, 9.17) is 5.73 Å². The van der Waals surface area contributed by atoms with E-state index < -0.39 is 0 Å². The van der Waals surface area contributed by atoms with E-state index in [1.165, 1.54) is 5.56 Å². The monoisotopic (exact) mass is 220 g/mol. The summed E-state index contributed by atoms with van der Waals surface area (Å²) in [5.74, 6) is 0.645. The van der Waals surface area contributed by atoms with Crippen molar-refractivity contribution in [1.29, 1.82) is 0 Å². The molecule has 0 atom stereocenters. The van der Waals surface area contributed by atoms with Crippen molar-refractivity contribution in [1.82, 2.24) is 0 Å². The molecule has 0 bridgehead atoms. The zero-order chi connectivity index (χ0) is 12.3. The summed E-state index contributed by atoms with van der Waals surface area (Å²) in [6, 6.07) is 6.15. The van der Waals surface area contributed by atoms with E-state index in [1.54, 1.807) is 0 Å². The van der Waals surface area contributed by atoms with Gasteiger partial charge in [0, 0.05) is 6.54 Å². The first-order chi connectivity index (χ1) is 7.33. The summed E-state index contributed by atoms with van der Waals surface area (Å²) in [4.78, 5) is 0. The quantitative estimate of drug-likeness (QED) is 0.760. The van der Waals surface area contributed by atoms with Gasteiger partial charge < -0.3 is 11.1 Å². The summed E-state index contributed by atoms with van der Waals surface area (Å²) in [6.07, 6.45) is 0. The fraction of sp³-hybridized carbons (Fsp3) is 0.571. The van der Waals surface area contributed by atoms with Crippen LogP contribution in [-0.4, -0.2) is 6.54 Å². The van der Waals surface area contributed by atoms with E-state index in [0.29, 0.717) is 5.92 Å². The van der Waals surface area contributed by atoms with Crippen molar-refractivity contribution in [2.24, 2.45) is 11.3 Å². The highest BCUT2D eigenvalue weighted by atomic mass is 14.9. The lowest BCUT2D eigenvalue weighted by Gasteiger charge is -2.30. The standard InChI is InChI=1S/C14H24N2/c1-10(2)14(4,5)9-16-13-7-6-11(3)8-12(13)15/h6-8,10,16H,9,15H2,1-5H3. The molecule has 90 valence electrons. The number of benzene rings is 1. The van der Waals surface area contributed by atoms with Gasteiger partial charge in [-0.3, -0.25) is 0 Å². The van der Waals surface area contributed by atoms with Crippen molar-refractivity contribution < 1.29 is 0 Å². The first-order valence-electron chi connectivity index (χ1n) is 5.93. The van der Waals surface area contributed by atoms with Crippen LogP contribution in [0.25, 0.3) is 0 Å². The average Bonchev–Trinajstić information content (AvgIpc) is 2.16. The molecule has 2 nitrogen and oxygen atoms in total. The maximum absolute atomic E-state index is 5.96. The molecular formula is C14H24N2. The third kappa shape index (κ3) is 3.16. The van der Waals surface area contributed by atoms with Crippen molar-refractivity contribution in [2.75, 3.05) is 17.6 Å². The van der Waals surface area contributed by atoms with Crippen LogP contribution in [0.3, 0.4) is 0 Å². The number of anilines is 2. The number of nitrogens with two attached hydrogens (primary N) is 1. The molecule has 3 N–H and O–H groups in total. The van der Waals surface area contributed by atoms with Crippen LogP contribution in [0.15, 0.2) is 18.2 Å². The van der Waals surface area contributed by atoms with Crippen molar-refractivity contribution >= 4 is 11.4 Å². The molecule has 0 unspecified atom stereocenters. The van der Waals surface area contributed by atoms with E-state index in [-0.39, 0.29) is 5.41 Å². The van der Waals surface area contributed by atoms with Crippen molar-refractivity contribution in [2.45, 2.75) is 34.6 Å². The molecule has 1 aromatic rings. The minimum absolute atomic E-state index is 0.275. The molecule has 1 aromatic carbocycles. The van der Waals surface area contributed by atoms with Gasteiger partial charge in [0.1, 0.15) is 0 Å². The summed E-state index contributed by atoms with van der Waals surface area (Å²) >= 11 is 0. The van der Waals surface area contributed by atoms with Crippen LogP contribution < -0.4 is 11.1 Å². The van der Waals surface area contributed by atoms with Crippen LogP contribution in [-0.2, 0) is 0 Å². The Bertz CT molecular complexity index is 354. The van der Waals surface area contributed by atoms with Crippen molar-refractivity contribution in [3.8, 4) is 0 Å². The molecule has 0 fully saturated rings. The van der Waals surface area contributed by atoms with Crippen LogP contribution in [0.2, 0.25) is 0 Å². The van der Waals surface area contributed by atoms with Gasteiger partial charge in [-0.05, 0) is 36.0 Å². The third-order valence-corrected chi connectivity index (χ3v) is 3.50. The molecule has 0 heterocycles. The molecule has 0 aromatic heterocycles. The topological polar surface area (TPSA) is 38.0 Å². The Balaban J connectivity index is 2.68. The van der Waals surface area contributed by atoms with E-state index in [1.807, 2.05) is 6.07 Å². The Morgan fingerprint density at radius 1 is 1.31 bits per heavy atom. The van der Waals surface area contributed by atoms with E-state index >= 15 is 0 Å². The van der Waals surface area contributed by atoms with Gasteiger partial charge in [0.05, 0.1) is 11.4 Å². The van der Waals surface area contributed by atoms with Crippen LogP contribution in [0.1, 0.15) is 33.3 Å². The molecule has 0 aliphatic carbocycles. The molecule has 16 heavy (non-hydrogen) atoms. The van der Waals surface area contributed by atoms with Crippen LogP contribution in [0, 0.1) is 18.3 Å². The summed E-state index contributed by atoms with van der Waals surface area (Å²) < 4.78 is 0. The average molecular weight is 220 g/mol. The molecule has 0 amide bonds. The zero-order valence-electron chi connectivity index (χ0n) is 11.1. The van der Waals surface area contributed by atoms with Gasteiger partial charge in [-0.1, -0.05) is 33.8 Å². The third-order valence-electron chi connectivity index (χ3n) is 3.50. The Kier molecular flexibility index (Phi) is 3.84. The zero-order valence-corrected chi connectivity index (χ0v) is 11.1. The molecule has 0 saturated carbocycles. The van der Waals surface area contributed by atoms with Gasteiger partial charge >= 0.3 is 0 Å². The van der Waals surface area contributed by atoms with Gasteiger partial charge in [0.2, 0.25) is 0 Å². The smallest absolute Gasteiger partial charge is 0.0574 e. The molecule has 1 rings (SSSR count). The summed E-state index contributed by atoms with van der Waals surface area (Å²) in [5, 5.41) is 3.44. The maximum atomic E-state index is 5.96. The Hall–Kier alpha value is -1.18. The van der Waals surface area contributed by atoms with Crippen molar-refractivity contribution in [3.63, 3.8) is 0 Å². The lowest BCUT2D eigenvalue weighted by atomic mass is 9.81. The van der Waals surface area contributed by atoms with E-state index in [2.05, 4.69) is 52.1 Å². The van der Waals surface area contributed by atoms with Gasteiger partial charge in [-0.25, -0.2) is 0 Å². The van der Waals surface area contributed by atoms with E-state index in [9.17, 15) is 0 Å². The summed E-state index contributed by atoms with van der Waals surface area (Å²) in [7, 11) is 0. The Labute approximate surface area is 99.2 Å². The highest BCUT2D eigenvalue weighted by Gasteiger charge is 2.21. The number of hydrogen-bond acceptors (Lipinski definition) is 2. The number of nitrogens with one attached hydrogen (secondary N) is 1. The number of nitrogen functional groups attached to an aromatic ring is 1. The minimum Gasteiger partial charge on any atom is -0.397 e. The largest absolute Gasteiger partial charge is 0.397 e. The molecule has 0 saturated heterocycles. The second-order valence-corrected chi connectivity index (χ2v) is 5.59. The fourth-order valence-corrected chi connectivity index (χ4v) is 1.37. The molecule has 0 spiro atoms. The SMILES string of the molecule is Cc1ccc(NCC(C)(C)C(C)C)c(N)c1. The predicted molar refractivity (Wildman–Crippen MR) is 72.7 cm³/mol. The van der Waals surface area contributed by atoms with Gasteiger partial charge in [0.25, 0.3) is 0 Å². The van der Waals surface area contributed by atoms with Crippen LogP contribution >= 0.6 is 0 Å². The molecule has 2 heteroatoms. The van der Waals surface area contributed by atoms with Crippen LogP contribution in [0.5, 0.6) is 0 Å². The Morgan fingerprint density at radius 3 is 2.44 bits per heavy atom. The van der Waals surface area contributed by atoms with Crippen LogP contribution in [0.4, 0.5) is 11.4 Å². The number of aryl methyl sites for hydroxylation is 1. The van der Waals surface area contributed by atoms with Gasteiger partial charge in [0.15, 0.2) is 0 Å². The molecule has 0 aliphatic heterocycles. The minimum atomic E-state index is 0.275. The lowest BCUT2D eigenvalue weighted by molar-refractivity contribution is 0.270. The highest BCUT2D eigenvalue weighted by Crippen LogP contribution is 2.28. The normalized spacial score (nSPS) is 11.9. The second kappa shape index (κ2) is 4.77. The van der Waals surface area contributed by atoms with E-state index in [0.717, 1.165) is 17.9 Å². The lowest BCUT2D eigenvalue weighted by Crippen LogP contribution is -2.28. The predicted octanol–water partition coefficient (Wildman–Crippen LogP) is 3.67. The molecule has 0 aliphatic rings. The second-order valence-electron chi connectivity index (χ2n) is 5.59. The van der Waals surface area contributed by atoms with Crippen molar-refractivity contribution in [3.05, 3.63) is 23.8 Å². The van der Waals surface area contributed by atoms with Gasteiger partial charge in [-0.2, -0.15) is 0 Å². The summed E-state index contributed by atoms with van der Waals surface area (Å²) in [6.45, 7) is 12.0. The fourth-order valence-electron chi connectivity index (χ4n) is 1.37. The maximum Gasteiger partial charge on any atom is 0.0574 e. The number of rotatable bonds is 4. The first-order valence-corrected chi connectivity index (χ1v) is 5.93. The first kappa shape index (κ1) is 12.9. The Morgan fingerprint density at radius 2 is 1.94 bits per heavy atom. The molecular weight excluding hydrogens is 196 g/mol. The summed E-state index contributed by atoms with van der Waals surface area (Å²) in [5.41, 5.74) is 9.31. The van der Waals surface area contributed by atoms with Gasteiger partial charge in [-0.15, -0.1) is 0 Å². The highest BCUT2D eigenvalue weighted by molar-refractivity contribution is 5.66.